The molecule has 0 radical (unpaired) electrons. The van der Waals surface area contributed by atoms with Crippen LogP contribution < -0.4 is 4.90 Å². The lowest BCUT2D eigenvalue weighted by Crippen LogP contribution is -2.29. The Morgan fingerprint density at radius 3 is 2.21 bits per heavy atom. The zero-order valence-corrected chi connectivity index (χ0v) is 20.6. The highest BCUT2D eigenvalue weighted by molar-refractivity contribution is 9.10. The van der Waals surface area contributed by atoms with Crippen molar-refractivity contribution in [1.82, 2.24) is 0 Å². The van der Waals surface area contributed by atoms with E-state index in [0.717, 1.165) is 10.0 Å². The number of nitrogens with zero attached hydrogens (tertiary/aromatic N) is 1. The summed E-state index contributed by atoms with van der Waals surface area (Å²) in [7, 11) is 1.28. The molecule has 34 heavy (non-hydrogen) atoms. The Kier molecular flexibility index (Phi) is 6.59. The molecule has 6 nitrogen and oxygen atoms in total. The van der Waals surface area contributed by atoms with Crippen LogP contribution in [0.4, 0.5) is 5.69 Å². The Balaban J connectivity index is 1.92. The highest BCUT2D eigenvalue weighted by atomic mass is 79.9. The second-order valence-electron chi connectivity index (χ2n) is 7.72. The summed E-state index contributed by atoms with van der Waals surface area (Å²) in [4.78, 5) is 39.7. The molecule has 1 saturated heterocycles. The van der Waals surface area contributed by atoms with Gasteiger partial charge in [-0.05, 0) is 66.6 Å². The smallest absolute Gasteiger partial charge is 0.337 e. The van der Waals surface area contributed by atoms with E-state index in [1.54, 1.807) is 60.7 Å². The molecule has 1 fully saturated rings. The predicted octanol–water partition coefficient (Wildman–Crippen LogP) is 5.82. The summed E-state index contributed by atoms with van der Waals surface area (Å²) in [5, 5.41) is 11.6. The van der Waals surface area contributed by atoms with E-state index in [-0.39, 0.29) is 11.3 Å². The molecule has 1 aliphatic rings. The van der Waals surface area contributed by atoms with Crippen molar-refractivity contribution >= 4 is 56.6 Å². The number of benzene rings is 3. The minimum atomic E-state index is -0.919. The quantitative estimate of drug-likeness (QED) is 0.195. The maximum absolute atomic E-state index is 13.2. The molecular formula is C26H19BrClNO5. The lowest BCUT2D eigenvalue weighted by molar-refractivity contribution is -0.132. The second-order valence-corrected chi connectivity index (χ2v) is 9.01. The predicted molar refractivity (Wildman–Crippen MR) is 133 cm³/mol. The number of amides is 1. The molecular weight excluding hydrogens is 522 g/mol. The average molecular weight is 541 g/mol. The van der Waals surface area contributed by atoms with Crippen molar-refractivity contribution in [3.8, 4) is 0 Å². The first-order valence-corrected chi connectivity index (χ1v) is 11.4. The molecule has 0 aliphatic carbocycles. The van der Waals surface area contributed by atoms with Crippen molar-refractivity contribution in [3.63, 3.8) is 0 Å². The minimum absolute atomic E-state index is 0.0603. The van der Waals surface area contributed by atoms with Gasteiger partial charge in [-0.2, -0.15) is 0 Å². The van der Waals surface area contributed by atoms with Gasteiger partial charge < -0.3 is 9.84 Å². The Labute approximate surface area is 209 Å². The standard InChI is InChI=1S/C26H19BrClNO5/c1-14-3-12-19(13-20(14)27)29-22(15-4-6-17(7-5-15)26(33)34-2)21(24(31)25(29)32)23(30)16-8-10-18(28)11-9-16/h3-13,22,30H,1-2H3/t22-/m0/s1. The third-order valence-corrected chi connectivity index (χ3v) is 6.75. The van der Waals surface area contributed by atoms with Gasteiger partial charge in [0.2, 0.25) is 0 Å². The molecule has 1 heterocycles. The van der Waals surface area contributed by atoms with Gasteiger partial charge in [-0.3, -0.25) is 14.5 Å². The number of halogens is 2. The first-order chi connectivity index (χ1) is 16.2. The zero-order chi connectivity index (χ0) is 24.6. The zero-order valence-electron chi connectivity index (χ0n) is 18.2. The second kappa shape index (κ2) is 9.44. The van der Waals surface area contributed by atoms with Crippen molar-refractivity contribution in [2.24, 2.45) is 0 Å². The van der Waals surface area contributed by atoms with Gasteiger partial charge in [0.25, 0.3) is 11.7 Å². The van der Waals surface area contributed by atoms with Crippen molar-refractivity contribution in [2.75, 3.05) is 12.0 Å². The van der Waals surface area contributed by atoms with Gasteiger partial charge in [0, 0.05) is 20.7 Å². The molecule has 8 heteroatoms. The van der Waals surface area contributed by atoms with Gasteiger partial charge in [-0.1, -0.05) is 45.7 Å². The SMILES string of the molecule is COC(=O)c1ccc([C@H]2C(=C(O)c3ccc(Cl)cc3)C(=O)C(=O)N2c2ccc(C)c(Br)c2)cc1. The van der Waals surface area contributed by atoms with E-state index >= 15 is 0 Å². The van der Waals surface area contributed by atoms with E-state index in [1.165, 1.54) is 12.0 Å². The highest BCUT2D eigenvalue weighted by Crippen LogP contribution is 2.43. The fourth-order valence-corrected chi connectivity index (χ4v) is 4.32. The van der Waals surface area contributed by atoms with E-state index in [9.17, 15) is 19.5 Å². The van der Waals surface area contributed by atoms with Gasteiger partial charge >= 0.3 is 5.97 Å². The van der Waals surface area contributed by atoms with Crippen LogP contribution in [0, 0.1) is 6.92 Å². The van der Waals surface area contributed by atoms with E-state index in [4.69, 9.17) is 16.3 Å². The molecule has 1 atom stereocenters. The molecule has 0 unspecified atom stereocenters. The number of ether oxygens (including phenoxy) is 1. The number of anilines is 1. The van der Waals surface area contributed by atoms with Crippen molar-refractivity contribution in [2.45, 2.75) is 13.0 Å². The van der Waals surface area contributed by atoms with E-state index in [0.29, 0.717) is 27.4 Å². The number of methoxy groups -OCH3 is 1. The fraction of sp³-hybridized carbons (Fsp3) is 0.115. The summed E-state index contributed by atoms with van der Waals surface area (Å²) in [6.07, 6.45) is 0. The number of aliphatic hydroxyl groups excluding tert-OH is 1. The summed E-state index contributed by atoms with van der Waals surface area (Å²) in [5.74, 6) is -2.41. The van der Waals surface area contributed by atoms with Gasteiger partial charge in [0.15, 0.2) is 0 Å². The third kappa shape index (κ3) is 4.24. The van der Waals surface area contributed by atoms with Crippen LogP contribution in [0.2, 0.25) is 5.02 Å². The number of carbonyl (C=O) groups excluding carboxylic acids is 3. The normalized spacial score (nSPS) is 17.2. The van der Waals surface area contributed by atoms with Crippen LogP contribution in [0.5, 0.6) is 0 Å². The van der Waals surface area contributed by atoms with Gasteiger partial charge in [0.1, 0.15) is 5.76 Å². The van der Waals surface area contributed by atoms with Crippen LogP contribution in [0.1, 0.15) is 33.1 Å². The number of hydrogen-bond acceptors (Lipinski definition) is 5. The average Bonchev–Trinajstić information content (AvgIpc) is 3.11. The number of aryl methyl sites for hydroxylation is 1. The van der Waals surface area contributed by atoms with Crippen molar-refractivity contribution in [3.05, 3.63) is 104 Å². The molecule has 0 saturated carbocycles. The molecule has 4 rings (SSSR count). The van der Waals surface area contributed by atoms with Crippen molar-refractivity contribution < 1.29 is 24.2 Å². The van der Waals surface area contributed by atoms with Gasteiger partial charge in [-0.15, -0.1) is 0 Å². The van der Waals surface area contributed by atoms with Gasteiger partial charge in [-0.25, -0.2) is 4.79 Å². The Hall–Kier alpha value is -3.42. The summed E-state index contributed by atoms with van der Waals surface area (Å²) in [6.45, 7) is 1.91. The maximum Gasteiger partial charge on any atom is 0.337 e. The Morgan fingerprint density at radius 1 is 1.00 bits per heavy atom. The van der Waals surface area contributed by atoms with Crippen LogP contribution in [0.25, 0.3) is 5.76 Å². The molecule has 1 amide bonds. The lowest BCUT2D eigenvalue weighted by Gasteiger charge is -2.26. The van der Waals surface area contributed by atoms with Crippen LogP contribution in [-0.4, -0.2) is 29.9 Å². The van der Waals surface area contributed by atoms with E-state index < -0.39 is 23.7 Å². The van der Waals surface area contributed by atoms with E-state index in [2.05, 4.69) is 15.9 Å². The van der Waals surface area contributed by atoms with Crippen LogP contribution in [0.15, 0.2) is 76.8 Å². The molecule has 1 aliphatic heterocycles. The number of aliphatic hydroxyl groups is 1. The van der Waals surface area contributed by atoms with E-state index in [1.807, 2.05) is 13.0 Å². The number of esters is 1. The topological polar surface area (TPSA) is 83.9 Å². The summed E-state index contributed by atoms with van der Waals surface area (Å²) >= 11 is 9.44. The number of ketones is 1. The Morgan fingerprint density at radius 2 is 1.62 bits per heavy atom. The highest BCUT2D eigenvalue weighted by Gasteiger charge is 2.47. The maximum atomic E-state index is 13.2. The van der Waals surface area contributed by atoms with Crippen LogP contribution in [0.3, 0.4) is 0 Å². The summed E-state index contributed by atoms with van der Waals surface area (Å²) < 4.78 is 5.52. The summed E-state index contributed by atoms with van der Waals surface area (Å²) in [6, 6.07) is 17.1. The van der Waals surface area contributed by atoms with Crippen LogP contribution >= 0.6 is 27.5 Å². The third-order valence-electron chi connectivity index (χ3n) is 5.64. The number of carbonyl (C=O) groups is 3. The molecule has 3 aromatic rings. The van der Waals surface area contributed by atoms with Gasteiger partial charge in [0.05, 0.1) is 24.3 Å². The number of Topliss-reactive ketones (excluding diaryl/α,β-unsaturated/α-hetero) is 1. The number of rotatable bonds is 4. The molecule has 3 aromatic carbocycles. The molecule has 172 valence electrons. The fourth-order valence-electron chi connectivity index (χ4n) is 3.83. The molecule has 0 spiro atoms. The molecule has 0 aromatic heterocycles. The first kappa shape index (κ1) is 23.7. The molecule has 1 N–H and O–H groups in total. The largest absolute Gasteiger partial charge is 0.507 e. The van der Waals surface area contributed by atoms with Crippen molar-refractivity contribution in [1.29, 1.82) is 0 Å². The lowest BCUT2D eigenvalue weighted by atomic mass is 9.94. The Bertz CT molecular complexity index is 1330. The number of hydrogen-bond donors (Lipinski definition) is 1. The molecule has 0 bridgehead atoms. The monoisotopic (exact) mass is 539 g/mol. The summed E-state index contributed by atoms with van der Waals surface area (Å²) in [5.41, 5.74) is 2.59. The van der Waals surface area contributed by atoms with Crippen LogP contribution in [-0.2, 0) is 14.3 Å². The minimum Gasteiger partial charge on any atom is -0.507 e. The first-order valence-electron chi connectivity index (χ1n) is 10.2.